The van der Waals surface area contributed by atoms with Crippen molar-refractivity contribution in [3.8, 4) is 5.88 Å². The number of hydrogen-bond acceptors (Lipinski definition) is 3. The molecule has 19 heavy (non-hydrogen) atoms. The lowest BCUT2D eigenvalue weighted by Crippen LogP contribution is -2.20. The van der Waals surface area contributed by atoms with Crippen molar-refractivity contribution in [2.24, 2.45) is 0 Å². The molecule has 0 saturated heterocycles. The minimum atomic E-state index is -0.606. The summed E-state index contributed by atoms with van der Waals surface area (Å²) < 4.78 is 32.0. The number of pyridine rings is 1. The SMILES string of the molecule is CNC(c1ccc(F)cc1F)c1cccnc1OC. The molecule has 3 nitrogen and oxygen atoms in total. The molecule has 0 radical (unpaired) electrons. The second kappa shape index (κ2) is 5.75. The molecular formula is C14H14F2N2O. The molecule has 0 saturated carbocycles. The van der Waals surface area contributed by atoms with E-state index in [0.717, 1.165) is 6.07 Å². The van der Waals surface area contributed by atoms with Crippen molar-refractivity contribution in [3.05, 3.63) is 59.3 Å². The van der Waals surface area contributed by atoms with Gasteiger partial charge in [-0.05, 0) is 19.2 Å². The van der Waals surface area contributed by atoms with Crippen molar-refractivity contribution in [2.45, 2.75) is 6.04 Å². The number of rotatable bonds is 4. The van der Waals surface area contributed by atoms with E-state index < -0.39 is 17.7 Å². The maximum Gasteiger partial charge on any atom is 0.218 e. The fourth-order valence-corrected chi connectivity index (χ4v) is 2.01. The summed E-state index contributed by atoms with van der Waals surface area (Å²) in [6, 6.07) is 6.58. The van der Waals surface area contributed by atoms with Crippen molar-refractivity contribution in [3.63, 3.8) is 0 Å². The van der Waals surface area contributed by atoms with Crippen LogP contribution in [0.15, 0.2) is 36.5 Å². The van der Waals surface area contributed by atoms with Crippen LogP contribution in [-0.2, 0) is 0 Å². The van der Waals surface area contributed by atoms with Crippen LogP contribution in [0.3, 0.4) is 0 Å². The molecule has 1 unspecified atom stereocenters. The van der Waals surface area contributed by atoms with Crippen LogP contribution in [0.5, 0.6) is 5.88 Å². The van der Waals surface area contributed by atoms with Crippen LogP contribution >= 0.6 is 0 Å². The summed E-state index contributed by atoms with van der Waals surface area (Å²) >= 11 is 0. The van der Waals surface area contributed by atoms with E-state index >= 15 is 0 Å². The van der Waals surface area contributed by atoms with E-state index in [1.165, 1.54) is 19.2 Å². The van der Waals surface area contributed by atoms with Crippen LogP contribution in [0.4, 0.5) is 8.78 Å². The minimum Gasteiger partial charge on any atom is -0.481 e. The molecule has 0 aliphatic carbocycles. The van der Waals surface area contributed by atoms with Crippen LogP contribution in [0.2, 0.25) is 0 Å². The van der Waals surface area contributed by atoms with Gasteiger partial charge >= 0.3 is 0 Å². The average molecular weight is 264 g/mol. The van der Waals surface area contributed by atoms with Gasteiger partial charge in [0.2, 0.25) is 5.88 Å². The Morgan fingerprint density at radius 1 is 1.21 bits per heavy atom. The molecule has 0 aliphatic heterocycles. The highest BCUT2D eigenvalue weighted by Crippen LogP contribution is 2.29. The first-order valence-corrected chi connectivity index (χ1v) is 5.78. The predicted molar refractivity (Wildman–Crippen MR) is 68.0 cm³/mol. The van der Waals surface area contributed by atoms with E-state index in [0.29, 0.717) is 17.0 Å². The van der Waals surface area contributed by atoms with Crippen LogP contribution < -0.4 is 10.1 Å². The summed E-state index contributed by atoms with van der Waals surface area (Å²) in [5.74, 6) is -0.801. The monoisotopic (exact) mass is 264 g/mol. The average Bonchev–Trinajstić information content (AvgIpc) is 2.42. The van der Waals surface area contributed by atoms with Gasteiger partial charge in [0, 0.05) is 23.4 Å². The Morgan fingerprint density at radius 3 is 2.63 bits per heavy atom. The molecule has 0 bridgehead atoms. The Kier molecular flexibility index (Phi) is 4.06. The molecule has 100 valence electrons. The predicted octanol–water partition coefficient (Wildman–Crippen LogP) is 2.68. The van der Waals surface area contributed by atoms with E-state index in [1.54, 1.807) is 25.4 Å². The Bertz CT molecular complexity index is 575. The lowest BCUT2D eigenvalue weighted by Gasteiger charge is -2.19. The third kappa shape index (κ3) is 2.71. The van der Waals surface area contributed by atoms with E-state index in [1.807, 2.05) is 0 Å². The first kappa shape index (κ1) is 13.4. The largest absolute Gasteiger partial charge is 0.481 e. The van der Waals surface area contributed by atoms with Gasteiger partial charge in [-0.2, -0.15) is 0 Å². The number of hydrogen-bond donors (Lipinski definition) is 1. The molecule has 0 aliphatic rings. The molecule has 0 fully saturated rings. The van der Waals surface area contributed by atoms with E-state index in [2.05, 4.69) is 10.3 Å². The van der Waals surface area contributed by atoms with Crippen LogP contribution in [0, 0.1) is 11.6 Å². The number of halogens is 2. The van der Waals surface area contributed by atoms with Gasteiger partial charge in [-0.15, -0.1) is 0 Å². The Morgan fingerprint density at radius 2 is 2.00 bits per heavy atom. The summed E-state index contributed by atoms with van der Waals surface area (Å²) in [5, 5.41) is 2.99. The number of nitrogens with one attached hydrogen (secondary N) is 1. The molecule has 1 aromatic carbocycles. The second-order valence-corrected chi connectivity index (χ2v) is 3.99. The number of ether oxygens (including phenoxy) is 1. The van der Waals surface area contributed by atoms with Crippen molar-refractivity contribution in [1.82, 2.24) is 10.3 Å². The highest BCUT2D eigenvalue weighted by atomic mass is 19.1. The summed E-state index contributed by atoms with van der Waals surface area (Å²) in [6.45, 7) is 0. The van der Waals surface area contributed by atoms with Gasteiger partial charge < -0.3 is 10.1 Å². The summed E-state index contributed by atoms with van der Waals surface area (Å²) in [7, 11) is 3.19. The quantitative estimate of drug-likeness (QED) is 0.922. The van der Waals surface area contributed by atoms with Gasteiger partial charge in [0.15, 0.2) is 0 Å². The number of benzene rings is 1. The standard InChI is InChI=1S/C14H14F2N2O/c1-17-13(10-6-5-9(15)8-12(10)16)11-4-3-7-18-14(11)19-2/h3-8,13,17H,1-2H3. The van der Waals surface area contributed by atoms with Crippen LogP contribution in [-0.4, -0.2) is 19.1 Å². The van der Waals surface area contributed by atoms with Gasteiger partial charge in [0.25, 0.3) is 0 Å². The molecule has 1 heterocycles. The summed E-state index contributed by atoms with van der Waals surface area (Å²) in [5.41, 5.74) is 1.04. The summed E-state index contributed by atoms with van der Waals surface area (Å²) in [4.78, 5) is 4.08. The van der Waals surface area contributed by atoms with Crippen LogP contribution in [0.25, 0.3) is 0 Å². The molecule has 0 spiro atoms. The fraction of sp³-hybridized carbons (Fsp3) is 0.214. The highest BCUT2D eigenvalue weighted by Gasteiger charge is 2.20. The van der Waals surface area contributed by atoms with E-state index in [4.69, 9.17) is 4.74 Å². The maximum absolute atomic E-state index is 13.9. The zero-order valence-corrected chi connectivity index (χ0v) is 10.7. The van der Waals surface area contributed by atoms with Crippen molar-refractivity contribution >= 4 is 0 Å². The molecule has 1 aromatic heterocycles. The maximum atomic E-state index is 13.9. The third-order valence-electron chi connectivity index (χ3n) is 2.87. The molecule has 2 aromatic rings. The Labute approximate surface area is 110 Å². The smallest absolute Gasteiger partial charge is 0.218 e. The van der Waals surface area contributed by atoms with Crippen molar-refractivity contribution in [1.29, 1.82) is 0 Å². The molecule has 1 atom stereocenters. The first-order valence-electron chi connectivity index (χ1n) is 5.78. The molecule has 5 heteroatoms. The first-order chi connectivity index (χ1) is 9.17. The van der Waals surface area contributed by atoms with E-state index in [9.17, 15) is 8.78 Å². The Balaban J connectivity index is 2.50. The van der Waals surface area contributed by atoms with Gasteiger partial charge in [-0.1, -0.05) is 12.1 Å². The van der Waals surface area contributed by atoms with Crippen molar-refractivity contribution in [2.75, 3.05) is 14.2 Å². The lowest BCUT2D eigenvalue weighted by atomic mass is 9.99. The van der Waals surface area contributed by atoms with E-state index in [-0.39, 0.29) is 0 Å². The Hall–Kier alpha value is -2.01. The zero-order chi connectivity index (χ0) is 13.8. The van der Waals surface area contributed by atoms with Gasteiger partial charge in [0.1, 0.15) is 11.6 Å². The zero-order valence-electron chi connectivity index (χ0n) is 10.7. The molecule has 2 rings (SSSR count). The number of nitrogens with zero attached hydrogens (tertiary/aromatic N) is 1. The van der Waals surface area contributed by atoms with Gasteiger partial charge in [0.05, 0.1) is 13.2 Å². The number of methoxy groups -OCH3 is 1. The lowest BCUT2D eigenvalue weighted by molar-refractivity contribution is 0.387. The fourth-order valence-electron chi connectivity index (χ4n) is 2.01. The molecule has 1 N–H and O–H groups in total. The van der Waals surface area contributed by atoms with Gasteiger partial charge in [-0.3, -0.25) is 0 Å². The van der Waals surface area contributed by atoms with Crippen molar-refractivity contribution < 1.29 is 13.5 Å². The normalized spacial score (nSPS) is 12.2. The number of aromatic nitrogens is 1. The highest BCUT2D eigenvalue weighted by molar-refractivity contribution is 5.38. The molecule has 0 amide bonds. The van der Waals surface area contributed by atoms with Gasteiger partial charge in [-0.25, -0.2) is 13.8 Å². The molecular weight excluding hydrogens is 250 g/mol. The minimum absolute atomic E-state index is 0.343. The second-order valence-electron chi connectivity index (χ2n) is 3.99. The topological polar surface area (TPSA) is 34.2 Å². The summed E-state index contributed by atoms with van der Waals surface area (Å²) in [6.07, 6.45) is 1.59. The van der Waals surface area contributed by atoms with Crippen LogP contribution in [0.1, 0.15) is 17.2 Å². The third-order valence-corrected chi connectivity index (χ3v) is 2.87.